The maximum atomic E-state index is 12.6. The number of nitrogens with zero attached hydrogens (tertiary/aromatic N) is 3. The summed E-state index contributed by atoms with van der Waals surface area (Å²) >= 11 is 0. The zero-order chi connectivity index (χ0) is 16.4. The summed E-state index contributed by atoms with van der Waals surface area (Å²) in [5.41, 5.74) is 3.01. The molecule has 0 spiro atoms. The van der Waals surface area contributed by atoms with Crippen LogP contribution in [0.5, 0.6) is 0 Å². The highest BCUT2D eigenvalue weighted by atomic mass is 16.5. The normalized spacial score (nSPS) is 20.0. The van der Waals surface area contributed by atoms with Crippen LogP contribution in [0, 0.1) is 19.8 Å². The second-order valence-corrected chi connectivity index (χ2v) is 5.84. The highest BCUT2D eigenvalue weighted by Crippen LogP contribution is 2.20. The van der Waals surface area contributed by atoms with Gasteiger partial charge in [-0.2, -0.15) is 5.10 Å². The molecule has 1 aliphatic heterocycles. The van der Waals surface area contributed by atoms with Gasteiger partial charge in [0.05, 0.1) is 18.9 Å². The van der Waals surface area contributed by atoms with Crippen molar-refractivity contribution in [1.82, 2.24) is 14.7 Å². The minimum atomic E-state index is -1.02. The molecule has 7 nitrogen and oxygen atoms in total. The molecule has 2 rings (SSSR count). The monoisotopic (exact) mass is 309 g/mol. The van der Waals surface area contributed by atoms with Crippen LogP contribution in [0.3, 0.4) is 0 Å². The number of aliphatic carboxylic acids is 1. The van der Waals surface area contributed by atoms with E-state index in [0.29, 0.717) is 19.6 Å². The number of carbonyl (C=O) groups is 2. The highest BCUT2D eigenvalue weighted by Gasteiger charge is 2.35. The van der Waals surface area contributed by atoms with Crippen LogP contribution in [0.15, 0.2) is 0 Å². The predicted molar refractivity (Wildman–Crippen MR) is 79.5 cm³/mol. The maximum absolute atomic E-state index is 12.6. The summed E-state index contributed by atoms with van der Waals surface area (Å²) in [6.07, 6.45) is 0.564. The van der Waals surface area contributed by atoms with E-state index >= 15 is 0 Å². The summed E-state index contributed by atoms with van der Waals surface area (Å²) in [4.78, 5) is 25.3. The average Bonchev–Trinajstić information content (AvgIpc) is 2.72. The average molecular weight is 309 g/mol. The minimum absolute atomic E-state index is 0.0543. The zero-order valence-corrected chi connectivity index (χ0v) is 13.5. The first-order valence-electron chi connectivity index (χ1n) is 7.43. The molecule has 7 heteroatoms. The summed E-state index contributed by atoms with van der Waals surface area (Å²) in [6, 6.07) is -0.889. The third-order valence-corrected chi connectivity index (χ3v) is 4.29. The Morgan fingerprint density at radius 3 is 2.68 bits per heavy atom. The van der Waals surface area contributed by atoms with Crippen LogP contribution < -0.4 is 0 Å². The lowest BCUT2D eigenvalue weighted by atomic mass is 9.97. The van der Waals surface area contributed by atoms with Gasteiger partial charge in [0.2, 0.25) is 5.91 Å². The Hall–Kier alpha value is -1.89. The van der Waals surface area contributed by atoms with Crippen molar-refractivity contribution in [1.29, 1.82) is 0 Å². The second-order valence-electron chi connectivity index (χ2n) is 5.84. The molecule has 1 saturated heterocycles. The smallest absolute Gasteiger partial charge is 0.328 e. The molecule has 1 fully saturated rings. The molecule has 0 radical (unpaired) electrons. The van der Waals surface area contributed by atoms with Crippen LogP contribution in [-0.2, 0) is 27.8 Å². The fraction of sp³-hybridized carbons (Fsp3) is 0.667. The van der Waals surface area contributed by atoms with Gasteiger partial charge in [-0.15, -0.1) is 0 Å². The van der Waals surface area contributed by atoms with Crippen molar-refractivity contribution in [3.05, 3.63) is 17.0 Å². The molecule has 122 valence electrons. The van der Waals surface area contributed by atoms with Crippen molar-refractivity contribution in [3.8, 4) is 0 Å². The minimum Gasteiger partial charge on any atom is -0.480 e. The van der Waals surface area contributed by atoms with Crippen LogP contribution in [0.4, 0.5) is 0 Å². The lowest BCUT2D eigenvalue weighted by Crippen LogP contribution is -2.54. The summed E-state index contributed by atoms with van der Waals surface area (Å²) in [5, 5.41) is 13.6. The van der Waals surface area contributed by atoms with E-state index in [1.807, 2.05) is 27.8 Å². The number of rotatable bonds is 4. The van der Waals surface area contributed by atoms with Crippen LogP contribution in [0.2, 0.25) is 0 Å². The Morgan fingerprint density at radius 1 is 1.45 bits per heavy atom. The quantitative estimate of drug-likeness (QED) is 0.877. The molecule has 0 saturated carbocycles. The van der Waals surface area contributed by atoms with E-state index in [1.165, 1.54) is 4.90 Å². The summed E-state index contributed by atoms with van der Waals surface area (Å²) in [6.45, 7) is 6.50. The summed E-state index contributed by atoms with van der Waals surface area (Å²) in [5.74, 6) is -1.45. The number of ether oxygens (including phenoxy) is 1. The van der Waals surface area contributed by atoms with Crippen LogP contribution in [0.25, 0.3) is 0 Å². The fourth-order valence-electron chi connectivity index (χ4n) is 2.86. The van der Waals surface area contributed by atoms with Gasteiger partial charge in [-0.3, -0.25) is 9.48 Å². The fourth-order valence-corrected chi connectivity index (χ4v) is 2.86. The first kappa shape index (κ1) is 16.5. The maximum Gasteiger partial charge on any atom is 0.328 e. The molecule has 2 atom stereocenters. The van der Waals surface area contributed by atoms with E-state index in [0.717, 1.165) is 17.0 Å². The molecule has 1 aliphatic rings. The Morgan fingerprint density at radius 2 is 2.14 bits per heavy atom. The Labute approximate surface area is 129 Å². The number of amides is 1. The number of aryl methyl sites for hydroxylation is 2. The molecule has 1 aromatic heterocycles. The Kier molecular flexibility index (Phi) is 4.85. The van der Waals surface area contributed by atoms with Gasteiger partial charge in [0.15, 0.2) is 6.04 Å². The number of morpholine rings is 1. The lowest BCUT2D eigenvalue weighted by Gasteiger charge is -2.34. The molecular weight excluding hydrogens is 286 g/mol. The molecule has 0 unspecified atom stereocenters. The van der Waals surface area contributed by atoms with Gasteiger partial charge < -0.3 is 14.7 Å². The van der Waals surface area contributed by atoms with Crippen molar-refractivity contribution in [2.75, 3.05) is 19.8 Å². The van der Waals surface area contributed by atoms with Crippen molar-refractivity contribution >= 4 is 11.9 Å². The number of hydrogen-bond donors (Lipinski definition) is 1. The van der Waals surface area contributed by atoms with Crippen molar-refractivity contribution in [2.24, 2.45) is 13.0 Å². The number of carboxylic acid groups (broad SMARTS) is 1. The summed E-state index contributed by atoms with van der Waals surface area (Å²) in [7, 11) is 1.88. The number of carboxylic acids is 1. The van der Waals surface area contributed by atoms with Crippen molar-refractivity contribution in [3.63, 3.8) is 0 Å². The van der Waals surface area contributed by atoms with Gasteiger partial charge >= 0.3 is 5.97 Å². The highest BCUT2D eigenvalue weighted by molar-refractivity contribution is 5.85. The van der Waals surface area contributed by atoms with Gasteiger partial charge in [-0.05, 0) is 25.8 Å². The molecule has 0 aliphatic carbocycles. The van der Waals surface area contributed by atoms with Crippen LogP contribution in [-0.4, -0.2) is 57.5 Å². The van der Waals surface area contributed by atoms with E-state index in [4.69, 9.17) is 4.74 Å². The van der Waals surface area contributed by atoms with E-state index in [-0.39, 0.29) is 18.4 Å². The van der Waals surface area contributed by atoms with Gasteiger partial charge in [0.1, 0.15) is 0 Å². The number of aromatic nitrogens is 2. The summed E-state index contributed by atoms with van der Waals surface area (Å²) < 4.78 is 6.98. The third-order valence-electron chi connectivity index (χ3n) is 4.29. The predicted octanol–water partition coefficient (Wildman–Crippen LogP) is 0.528. The molecule has 22 heavy (non-hydrogen) atoms. The molecular formula is C15H23N3O4. The van der Waals surface area contributed by atoms with Crippen molar-refractivity contribution in [2.45, 2.75) is 33.2 Å². The molecule has 1 N–H and O–H groups in total. The van der Waals surface area contributed by atoms with E-state index < -0.39 is 12.0 Å². The molecule has 0 aromatic carbocycles. The first-order valence-corrected chi connectivity index (χ1v) is 7.43. The van der Waals surface area contributed by atoms with E-state index in [1.54, 1.807) is 4.68 Å². The SMILES string of the molecule is Cc1nn(C)c(C)c1C[C@@H](C)C(=O)N1CCOC[C@H]1C(=O)O. The zero-order valence-electron chi connectivity index (χ0n) is 13.5. The van der Waals surface area contributed by atoms with E-state index in [9.17, 15) is 14.7 Å². The number of carbonyl (C=O) groups excluding carboxylic acids is 1. The largest absolute Gasteiger partial charge is 0.480 e. The van der Waals surface area contributed by atoms with Gasteiger partial charge in [-0.25, -0.2) is 4.79 Å². The standard InChI is InChI=1S/C15H23N3O4/c1-9(7-12-10(2)16-17(4)11(12)3)14(19)18-5-6-22-8-13(18)15(20)21/h9,13H,5-8H2,1-4H3,(H,20,21)/t9-,13+/m1/s1. The van der Waals surface area contributed by atoms with Gasteiger partial charge in [0, 0.05) is 25.2 Å². The topological polar surface area (TPSA) is 84.7 Å². The lowest BCUT2D eigenvalue weighted by molar-refractivity contribution is -0.160. The third kappa shape index (κ3) is 3.14. The molecule has 1 aromatic rings. The van der Waals surface area contributed by atoms with Gasteiger partial charge in [0.25, 0.3) is 0 Å². The van der Waals surface area contributed by atoms with Crippen LogP contribution in [0.1, 0.15) is 23.9 Å². The first-order chi connectivity index (χ1) is 10.3. The number of hydrogen-bond acceptors (Lipinski definition) is 4. The van der Waals surface area contributed by atoms with Crippen molar-refractivity contribution < 1.29 is 19.4 Å². The Bertz CT molecular complexity index is 582. The van der Waals surface area contributed by atoms with Gasteiger partial charge in [-0.1, -0.05) is 6.92 Å². The molecule has 2 heterocycles. The van der Waals surface area contributed by atoms with Crippen LogP contribution >= 0.6 is 0 Å². The molecule has 1 amide bonds. The molecule has 0 bridgehead atoms. The second kappa shape index (κ2) is 6.48. The van der Waals surface area contributed by atoms with E-state index in [2.05, 4.69) is 5.10 Å². The Balaban J connectivity index is 2.12.